The van der Waals surface area contributed by atoms with Crippen LogP contribution in [0.5, 0.6) is 0 Å². The number of alkyl carbamates (subject to hydrolysis) is 1. The van der Waals surface area contributed by atoms with Gasteiger partial charge >= 0.3 is 6.09 Å². The highest BCUT2D eigenvalue weighted by atomic mass is 32.2. The van der Waals surface area contributed by atoms with Gasteiger partial charge in [-0.15, -0.1) is 10.2 Å². The molecular formula is C22H25N5O3S. The Bertz CT molecular complexity index is 1020. The molecule has 31 heavy (non-hydrogen) atoms. The molecule has 1 unspecified atom stereocenters. The fourth-order valence-corrected chi connectivity index (χ4v) is 3.81. The highest BCUT2D eigenvalue weighted by Gasteiger charge is 2.21. The maximum absolute atomic E-state index is 12.6. The number of aromatic nitrogens is 4. The lowest BCUT2D eigenvalue weighted by molar-refractivity contribution is -0.122. The summed E-state index contributed by atoms with van der Waals surface area (Å²) in [5, 5.41) is 15.4. The second-order valence-electron chi connectivity index (χ2n) is 7.06. The third-order valence-corrected chi connectivity index (χ3v) is 5.83. The summed E-state index contributed by atoms with van der Waals surface area (Å²) < 4.78 is 5.20. The number of nitrogens with zero attached hydrogens (tertiary/aromatic N) is 4. The van der Waals surface area contributed by atoms with Gasteiger partial charge in [0, 0.05) is 4.90 Å². The number of hydrogen-bond donors (Lipinski definition) is 1. The predicted octanol–water partition coefficient (Wildman–Crippen LogP) is 3.72. The van der Waals surface area contributed by atoms with Gasteiger partial charge in [-0.05, 0) is 53.9 Å². The fourth-order valence-electron chi connectivity index (χ4n) is 2.95. The van der Waals surface area contributed by atoms with Gasteiger partial charge in [-0.3, -0.25) is 4.79 Å². The van der Waals surface area contributed by atoms with Crippen LogP contribution in [0.4, 0.5) is 4.79 Å². The van der Waals surface area contributed by atoms with Crippen LogP contribution in [0.15, 0.2) is 58.6 Å². The van der Waals surface area contributed by atoms with Crippen molar-refractivity contribution in [3.8, 4) is 0 Å². The van der Waals surface area contributed by atoms with E-state index < -0.39 is 12.1 Å². The van der Waals surface area contributed by atoms with E-state index in [1.54, 1.807) is 0 Å². The van der Waals surface area contributed by atoms with E-state index in [4.69, 9.17) is 4.74 Å². The molecule has 1 amide bonds. The molecule has 0 aliphatic carbocycles. The van der Waals surface area contributed by atoms with Crippen LogP contribution < -0.4 is 5.32 Å². The summed E-state index contributed by atoms with van der Waals surface area (Å²) in [5.74, 6) is -0.222. The fraction of sp³-hybridized carbons (Fsp3) is 0.318. The molecule has 1 N–H and O–H groups in total. The van der Waals surface area contributed by atoms with Crippen molar-refractivity contribution in [3.05, 3.63) is 65.2 Å². The summed E-state index contributed by atoms with van der Waals surface area (Å²) in [6, 6.07) is 14.7. The standard InChI is InChI=1S/C22H25N5O3S/c1-4-18(23-22(29)30-14-17-11-6-5-7-12-17)19(28)13-27-25-21(24-26-27)31-20-15(2)9-8-10-16(20)3/h5-12,18H,4,13-14H2,1-3H3,(H,23,29). The Morgan fingerprint density at radius 1 is 1.10 bits per heavy atom. The summed E-state index contributed by atoms with van der Waals surface area (Å²) in [4.78, 5) is 27.0. The van der Waals surface area contributed by atoms with Gasteiger partial charge in [0.25, 0.3) is 0 Å². The molecular weight excluding hydrogens is 414 g/mol. The van der Waals surface area contributed by atoms with Crippen molar-refractivity contribution >= 4 is 23.6 Å². The zero-order valence-electron chi connectivity index (χ0n) is 17.7. The molecule has 1 atom stereocenters. The SMILES string of the molecule is CCC(NC(=O)OCc1ccccc1)C(=O)Cn1nnc(Sc2c(C)cccc2C)n1. The van der Waals surface area contributed by atoms with Crippen molar-refractivity contribution in [2.45, 2.75) is 56.4 Å². The summed E-state index contributed by atoms with van der Waals surface area (Å²) in [7, 11) is 0. The van der Waals surface area contributed by atoms with E-state index in [9.17, 15) is 9.59 Å². The Morgan fingerprint density at radius 3 is 2.48 bits per heavy atom. The van der Waals surface area contributed by atoms with Crippen LogP contribution in [-0.4, -0.2) is 38.1 Å². The number of Topliss-reactive ketones (excluding diaryl/α,β-unsaturated/α-hetero) is 1. The number of ketones is 1. The number of rotatable bonds is 9. The first-order valence-corrected chi connectivity index (χ1v) is 10.8. The van der Waals surface area contributed by atoms with Crippen LogP contribution in [-0.2, 0) is 22.7 Å². The first kappa shape index (κ1) is 22.5. The van der Waals surface area contributed by atoms with Crippen molar-refractivity contribution in [2.75, 3.05) is 0 Å². The zero-order chi connectivity index (χ0) is 22.2. The number of benzene rings is 2. The van der Waals surface area contributed by atoms with E-state index in [0.717, 1.165) is 21.6 Å². The van der Waals surface area contributed by atoms with E-state index in [-0.39, 0.29) is 18.9 Å². The number of ether oxygens (including phenoxy) is 1. The van der Waals surface area contributed by atoms with Gasteiger partial charge in [-0.2, -0.15) is 4.80 Å². The highest BCUT2D eigenvalue weighted by molar-refractivity contribution is 7.99. The van der Waals surface area contributed by atoms with E-state index >= 15 is 0 Å². The van der Waals surface area contributed by atoms with Crippen LogP contribution in [0.3, 0.4) is 0 Å². The van der Waals surface area contributed by atoms with E-state index in [1.165, 1.54) is 16.6 Å². The number of amides is 1. The van der Waals surface area contributed by atoms with E-state index in [1.807, 2.05) is 69.3 Å². The van der Waals surface area contributed by atoms with Crippen LogP contribution in [0, 0.1) is 13.8 Å². The second-order valence-corrected chi connectivity index (χ2v) is 8.04. The molecule has 8 nitrogen and oxygen atoms in total. The van der Waals surface area contributed by atoms with Gasteiger partial charge < -0.3 is 10.1 Å². The van der Waals surface area contributed by atoms with Crippen molar-refractivity contribution in [1.29, 1.82) is 0 Å². The molecule has 1 aromatic heterocycles. The normalized spacial score (nSPS) is 11.7. The lowest BCUT2D eigenvalue weighted by atomic mass is 10.1. The molecule has 0 aliphatic rings. The molecule has 3 rings (SSSR count). The number of tetrazole rings is 1. The molecule has 3 aromatic rings. The molecule has 2 aromatic carbocycles. The number of nitrogens with one attached hydrogen (secondary N) is 1. The Hall–Kier alpha value is -3.20. The minimum atomic E-state index is -0.691. The summed E-state index contributed by atoms with van der Waals surface area (Å²) >= 11 is 1.41. The minimum Gasteiger partial charge on any atom is -0.445 e. The third kappa shape index (κ3) is 6.39. The van der Waals surface area contributed by atoms with Gasteiger partial charge in [0.05, 0.1) is 6.04 Å². The first-order chi connectivity index (χ1) is 15.0. The Labute approximate surface area is 185 Å². The van der Waals surface area contributed by atoms with E-state index in [2.05, 4.69) is 20.7 Å². The largest absolute Gasteiger partial charge is 0.445 e. The average Bonchev–Trinajstić information content (AvgIpc) is 3.20. The number of carbonyl (C=O) groups excluding carboxylic acids is 2. The van der Waals surface area contributed by atoms with Gasteiger partial charge in [0.1, 0.15) is 13.2 Å². The molecule has 0 aliphatic heterocycles. The summed E-state index contributed by atoms with van der Waals surface area (Å²) in [5.41, 5.74) is 3.13. The zero-order valence-corrected chi connectivity index (χ0v) is 18.6. The molecule has 162 valence electrons. The molecule has 0 spiro atoms. The highest BCUT2D eigenvalue weighted by Crippen LogP contribution is 2.30. The number of aryl methyl sites for hydroxylation is 2. The van der Waals surface area contributed by atoms with Gasteiger partial charge in [0.15, 0.2) is 5.78 Å². The minimum absolute atomic E-state index is 0.0855. The lowest BCUT2D eigenvalue weighted by Crippen LogP contribution is -2.42. The van der Waals surface area contributed by atoms with Crippen LogP contribution in [0.25, 0.3) is 0 Å². The number of carbonyl (C=O) groups is 2. The molecule has 0 fully saturated rings. The Kier molecular flexibility index (Phi) is 7.77. The summed E-state index contributed by atoms with van der Waals surface area (Å²) in [6.07, 6.45) is -0.209. The van der Waals surface area contributed by atoms with Gasteiger partial charge in [0.2, 0.25) is 5.16 Å². The van der Waals surface area contributed by atoms with E-state index in [0.29, 0.717) is 11.6 Å². The summed E-state index contributed by atoms with van der Waals surface area (Å²) in [6.45, 7) is 5.92. The Morgan fingerprint density at radius 2 is 1.81 bits per heavy atom. The molecule has 0 saturated heterocycles. The molecule has 0 bridgehead atoms. The van der Waals surface area contributed by atoms with Crippen molar-refractivity contribution < 1.29 is 14.3 Å². The molecule has 0 radical (unpaired) electrons. The van der Waals surface area contributed by atoms with Crippen LogP contribution >= 0.6 is 11.8 Å². The van der Waals surface area contributed by atoms with Gasteiger partial charge in [-0.25, -0.2) is 4.79 Å². The second kappa shape index (κ2) is 10.7. The first-order valence-electron chi connectivity index (χ1n) is 9.98. The smallest absolute Gasteiger partial charge is 0.408 e. The van der Waals surface area contributed by atoms with Crippen molar-refractivity contribution in [1.82, 2.24) is 25.5 Å². The van der Waals surface area contributed by atoms with Crippen LogP contribution in [0.2, 0.25) is 0 Å². The number of hydrogen-bond acceptors (Lipinski definition) is 7. The monoisotopic (exact) mass is 439 g/mol. The molecule has 1 heterocycles. The van der Waals surface area contributed by atoms with Crippen LogP contribution in [0.1, 0.15) is 30.0 Å². The average molecular weight is 440 g/mol. The maximum atomic E-state index is 12.6. The van der Waals surface area contributed by atoms with Crippen molar-refractivity contribution in [2.24, 2.45) is 0 Å². The third-order valence-electron chi connectivity index (χ3n) is 4.64. The maximum Gasteiger partial charge on any atom is 0.408 e. The predicted molar refractivity (Wildman–Crippen MR) is 117 cm³/mol. The molecule has 0 saturated carbocycles. The van der Waals surface area contributed by atoms with Gasteiger partial charge in [-0.1, -0.05) is 55.5 Å². The van der Waals surface area contributed by atoms with Crippen molar-refractivity contribution in [3.63, 3.8) is 0 Å². The Balaban J connectivity index is 1.54. The lowest BCUT2D eigenvalue weighted by Gasteiger charge is -2.15. The molecule has 9 heteroatoms. The topological polar surface area (TPSA) is 99.0 Å². The quantitative estimate of drug-likeness (QED) is 0.542.